The molecule has 6 nitrogen and oxygen atoms in total. The van der Waals surface area contributed by atoms with Gasteiger partial charge in [0.1, 0.15) is 0 Å². The van der Waals surface area contributed by atoms with E-state index in [4.69, 9.17) is 0 Å². The Labute approximate surface area is 831 Å². The molecule has 24 aromatic carbocycles. The number of nitrogens with zero attached hydrogens (tertiary/aromatic N) is 6. The summed E-state index contributed by atoms with van der Waals surface area (Å²) in [6.07, 6.45) is 0. The van der Waals surface area contributed by atoms with Gasteiger partial charge in [0.05, 0.1) is 77.6 Å². The molecule has 30 aromatic rings. The van der Waals surface area contributed by atoms with E-state index in [0.717, 1.165) is 11.4 Å². The molecule has 0 amide bonds. The molecule has 0 fully saturated rings. The fraction of sp³-hybridized carbons (Fsp3) is 0. The predicted octanol–water partition coefficient (Wildman–Crippen LogP) is 37.1. The molecule has 0 aliphatic rings. The summed E-state index contributed by atoms with van der Waals surface area (Å²) < 4.78 is 14.5. The molecule has 0 aliphatic heterocycles. The Kier molecular flexibility index (Phi) is 19.9. The summed E-state index contributed by atoms with van der Waals surface area (Å²) in [6, 6.07) is 199. The van der Waals surface area contributed by atoms with Crippen LogP contribution in [0.15, 0.2) is 546 Å². The molecule has 6 heterocycles. The zero-order chi connectivity index (χ0) is 94.8. The molecule has 0 bridgehead atoms. The standard InChI is InChI=1S/C48H32N2.C46H30N2.C44H28N2/c1-3-12-33(13-4-1)35-22-26-39(27-23-35)49-45-20-9-7-18-41(45)43-31-37(24-28-47(43)49)38-25-29-48-44(32-38)42-19-8-10-21-46(42)50(48)40-17-11-16-36(30-40)34-14-5-2-6-15-34;1-2-11-31(12-3-1)34-15-10-16-37(27-34)47-43-19-8-6-17-39(43)41-29-35(22-25-45(41)47)36-23-26-46-42(30-36)40-18-7-9-20-44(40)48(46)38-24-21-32-13-4-5-14-33(32)28-38;1-3-15-33-29(11-1)13-9-21-39(33)45-41-19-7-5-17-35(41)37-27-31(23-25-43(37)45)32-24-26-44-38(28-32)36-18-6-8-20-42(36)46(44)40-22-10-14-30-12-2-4-16-34(30)40/h1-32H;1-30H;1-28H. The summed E-state index contributed by atoms with van der Waals surface area (Å²) in [5.74, 6) is 0. The van der Waals surface area contributed by atoms with Crippen molar-refractivity contribution in [1.82, 2.24) is 27.4 Å². The maximum atomic E-state index is 2.43. The average Bonchev–Trinajstić information content (AvgIpc) is 1.60. The van der Waals surface area contributed by atoms with Crippen molar-refractivity contribution in [2.75, 3.05) is 0 Å². The number of rotatable bonds is 12. The molecular weight excluding hydrogens is 1740 g/mol. The van der Waals surface area contributed by atoms with Crippen molar-refractivity contribution in [2.45, 2.75) is 0 Å². The van der Waals surface area contributed by atoms with Gasteiger partial charge in [0.25, 0.3) is 0 Å². The van der Waals surface area contributed by atoms with Crippen molar-refractivity contribution < 1.29 is 0 Å². The normalized spacial score (nSPS) is 11.8. The van der Waals surface area contributed by atoms with Crippen LogP contribution in [0, 0.1) is 0 Å². The second-order valence-electron chi connectivity index (χ2n) is 37.8. The van der Waals surface area contributed by atoms with Crippen LogP contribution < -0.4 is 0 Å². The van der Waals surface area contributed by atoms with Crippen molar-refractivity contribution in [3.05, 3.63) is 546 Å². The number of hydrogen-bond donors (Lipinski definition) is 0. The van der Waals surface area contributed by atoms with Gasteiger partial charge in [-0.2, -0.15) is 0 Å². The smallest absolute Gasteiger partial charge is 0.0541 e. The van der Waals surface area contributed by atoms with Gasteiger partial charge >= 0.3 is 0 Å². The molecule has 30 rings (SSSR count). The Hall–Kier alpha value is -19.1. The van der Waals surface area contributed by atoms with E-state index in [1.165, 1.54) is 253 Å². The highest BCUT2D eigenvalue weighted by Gasteiger charge is 2.24. The van der Waals surface area contributed by atoms with E-state index in [9.17, 15) is 0 Å². The second kappa shape index (κ2) is 34.5. The van der Waals surface area contributed by atoms with Crippen molar-refractivity contribution in [3.8, 4) is 101 Å². The minimum absolute atomic E-state index is 1.16. The third-order valence-corrected chi connectivity index (χ3v) is 29.7. The Balaban J connectivity index is 0.000000105. The first-order chi connectivity index (χ1) is 71.4. The molecule has 144 heavy (non-hydrogen) atoms. The molecule has 6 aromatic heterocycles. The third kappa shape index (κ3) is 14.0. The second-order valence-corrected chi connectivity index (χ2v) is 37.8. The highest BCUT2D eigenvalue weighted by atomic mass is 15.0. The molecular formula is C138H90N6. The van der Waals surface area contributed by atoms with Crippen LogP contribution in [-0.4, -0.2) is 27.4 Å². The van der Waals surface area contributed by atoms with Crippen LogP contribution in [0.2, 0.25) is 0 Å². The first-order valence-electron chi connectivity index (χ1n) is 49.6. The van der Waals surface area contributed by atoms with E-state index in [1.54, 1.807) is 0 Å². The van der Waals surface area contributed by atoms with Gasteiger partial charge in [-0.15, -0.1) is 0 Å². The lowest BCUT2D eigenvalue weighted by Gasteiger charge is -2.12. The summed E-state index contributed by atoms with van der Waals surface area (Å²) in [5, 5.41) is 22.6. The van der Waals surface area contributed by atoms with Gasteiger partial charge in [-0.25, -0.2) is 0 Å². The fourth-order valence-corrected chi connectivity index (χ4v) is 23.0. The van der Waals surface area contributed by atoms with Gasteiger partial charge < -0.3 is 27.4 Å². The molecule has 672 valence electrons. The lowest BCUT2D eigenvalue weighted by atomic mass is 10.0. The van der Waals surface area contributed by atoms with Gasteiger partial charge in [-0.05, 0) is 258 Å². The highest BCUT2D eigenvalue weighted by molar-refractivity contribution is 6.18. The van der Waals surface area contributed by atoms with Crippen LogP contribution in [-0.2, 0) is 0 Å². The van der Waals surface area contributed by atoms with Crippen LogP contribution in [0.4, 0.5) is 0 Å². The summed E-state index contributed by atoms with van der Waals surface area (Å²) in [5.41, 5.74) is 36.3. The quantitative estimate of drug-likeness (QED) is 0.117. The van der Waals surface area contributed by atoms with Crippen molar-refractivity contribution in [1.29, 1.82) is 0 Å². The van der Waals surface area contributed by atoms with Gasteiger partial charge in [0.15, 0.2) is 0 Å². The molecule has 0 aliphatic carbocycles. The Morgan fingerprint density at radius 2 is 0.299 bits per heavy atom. The number of aromatic nitrogens is 6. The van der Waals surface area contributed by atoms with Crippen LogP contribution in [0.3, 0.4) is 0 Å². The minimum atomic E-state index is 1.16. The molecule has 0 spiro atoms. The molecule has 0 saturated carbocycles. The maximum absolute atomic E-state index is 2.43. The first-order valence-corrected chi connectivity index (χ1v) is 49.6. The van der Waals surface area contributed by atoms with Crippen molar-refractivity contribution in [3.63, 3.8) is 0 Å². The Morgan fingerprint density at radius 3 is 0.639 bits per heavy atom. The molecule has 0 saturated heterocycles. The van der Waals surface area contributed by atoms with Crippen molar-refractivity contribution >= 4 is 163 Å². The van der Waals surface area contributed by atoms with Crippen LogP contribution >= 0.6 is 0 Å². The van der Waals surface area contributed by atoms with Gasteiger partial charge in [0, 0.05) is 98.2 Å². The zero-order valence-corrected chi connectivity index (χ0v) is 78.6. The van der Waals surface area contributed by atoms with Gasteiger partial charge in [-0.1, -0.05) is 376 Å². The number of para-hydroxylation sites is 6. The van der Waals surface area contributed by atoms with Crippen LogP contribution in [0.1, 0.15) is 0 Å². The number of hydrogen-bond acceptors (Lipinski definition) is 0. The molecule has 0 atom stereocenters. The topological polar surface area (TPSA) is 29.6 Å². The lowest BCUT2D eigenvalue weighted by Crippen LogP contribution is -1.95. The number of fused-ring (bicyclic) bond motifs is 21. The highest BCUT2D eigenvalue weighted by Crippen LogP contribution is 2.46. The van der Waals surface area contributed by atoms with E-state index in [-0.39, 0.29) is 0 Å². The van der Waals surface area contributed by atoms with Crippen molar-refractivity contribution in [2.24, 2.45) is 0 Å². The summed E-state index contributed by atoms with van der Waals surface area (Å²) >= 11 is 0. The summed E-state index contributed by atoms with van der Waals surface area (Å²) in [6.45, 7) is 0. The van der Waals surface area contributed by atoms with E-state index < -0.39 is 0 Å². The van der Waals surface area contributed by atoms with E-state index in [2.05, 4.69) is 573 Å². The van der Waals surface area contributed by atoms with E-state index in [0.29, 0.717) is 0 Å². The number of benzene rings is 24. The summed E-state index contributed by atoms with van der Waals surface area (Å²) in [4.78, 5) is 0. The third-order valence-electron chi connectivity index (χ3n) is 29.7. The Morgan fingerprint density at radius 1 is 0.0903 bits per heavy atom. The van der Waals surface area contributed by atoms with Gasteiger partial charge in [0.2, 0.25) is 0 Å². The Bertz CT molecular complexity index is 10200. The van der Waals surface area contributed by atoms with E-state index >= 15 is 0 Å². The first kappa shape index (κ1) is 83.1. The SMILES string of the molecule is c1ccc(-c2ccc(-n3c4ccccc4c4cc(-c5ccc6c(c5)c5ccccc5n6-c5cccc(-c6ccccc6)c5)ccc43)cc2)cc1.c1ccc(-c2cccc(-n3c4ccccc4c4cc(-c5ccc6c(c5)c5ccccc5n6-c5ccc6ccccc6c5)ccc43)c2)cc1.c1ccc2c(-n3c4ccccc4c4cc(-c5ccc6c(c5)c5ccccc5n6-c5cccc6ccccc56)ccc43)cccc2c1. The molecule has 0 unspecified atom stereocenters. The van der Waals surface area contributed by atoms with Crippen LogP contribution in [0.5, 0.6) is 0 Å². The van der Waals surface area contributed by atoms with E-state index in [1.807, 2.05) is 0 Å². The monoisotopic (exact) mass is 1830 g/mol. The average molecular weight is 1830 g/mol. The largest absolute Gasteiger partial charge is 0.309 e. The lowest BCUT2D eigenvalue weighted by molar-refractivity contribution is 1.18. The van der Waals surface area contributed by atoms with Crippen LogP contribution in [0.25, 0.3) is 264 Å². The fourth-order valence-electron chi connectivity index (χ4n) is 23.0. The summed E-state index contributed by atoms with van der Waals surface area (Å²) in [7, 11) is 0. The van der Waals surface area contributed by atoms with Gasteiger partial charge in [-0.3, -0.25) is 0 Å². The zero-order valence-electron chi connectivity index (χ0n) is 78.6. The molecule has 0 radical (unpaired) electrons. The molecule has 6 heteroatoms. The minimum Gasteiger partial charge on any atom is -0.309 e. The maximum Gasteiger partial charge on any atom is 0.0541 e. The predicted molar refractivity (Wildman–Crippen MR) is 610 cm³/mol. The molecule has 0 N–H and O–H groups in total.